The fraction of sp³-hybridized carbons (Fsp3) is 0.455. The van der Waals surface area contributed by atoms with E-state index in [-0.39, 0.29) is 0 Å². The molecule has 0 saturated carbocycles. The first-order valence-corrected chi connectivity index (χ1v) is 7.38. The molecule has 2 rings (SSSR count). The van der Waals surface area contributed by atoms with Gasteiger partial charge in [-0.1, -0.05) is 12.1 Å². The maximum Gasteiger partial charge on any atom is 0.469 e. The largest absolute Gasteiger partial charge is 0.469 e. The zero-order valence-electron chi connectivity index (χ0n) is 10.4. The highest BCUT2D eigenvalue weighted by molar-refractivity contribution is 7.46. The minimum absolute atomic E-state index is 0.520. The smallest absolute Gasteiger partial charge is 0.399 e. The van der Waals surface area contributed by atoms with Crippen LogP contribution < -0.4 is 5.73 Å². The molecular formula is C11H16NO7P. The van der Waals surface area contributed by atoms with Crippen molar-refractivity contribution in [1.82, 2.24) is 0 Å². The predicted octanol–water partition coefficient (Wildman–Crippen LogP) is -0.460. The lowest BCUT2D eigenvalue weighted by Gasteiger charge is -2.15. The lowest BCUT2D eigenvalue weighted by atomic mass is 10.0. The number of aliphatic hydroxyl groups is 2. The summed E-state index contributed by atoms with van der Waals surface area (Å²) in [5.41, 5.74) is 6.70. The Morgan fingerprint density at radius 1 is 1.20 bits per heavy atom. The van der Waals surface area contributed by atoms with Crippen molar-refractivity contribution in [2.45, 2.75) is 24.4 Å². The first kappa shape index (κ1) is 15.4. The van der Waals surface area contributed by atoms with Crippen molar-refractivity contribution >= 4 is 13.5 Å². The normalized spacial score (nSPS) is 30.6. The molecule has 20 heavy (non-hydrogen) atoms. The topological polar surface area (TPSA) is 142 Å². The lowest BCUT2D eigenvalue weighted by molar-refractivity contribution is -0.0223. The van der Waals surface area contributed by atoms with Crippen LogP contribution in [0.3, 0.4) is 0 Å². The molecule has 1 saturated heterocycles. The SMILES string of the molecule is Nc1ccc(C2O[C@H](COP(=O)(O)O)[C@@H](O)[C@H]2O)cc1. The molecule has 0 aromatic heterocycles. The average molecular weight is 305 g/mol. The number of rotatable bonds is 4. The van der Waals surface area contributed by atoms with E-state index in [1.807, 2.05) is 0 Å². The molecule has 0 radical (unpaired) electrons. The molecule has 9 heteroatoms. The standard InChI is InChI=1S/C11H16NO7P/c12-7-3-1-6(2-4-7)11-10(14)9(13)8(19-11)5-18-20(15,16)17/h1-4,8-11,13-14H,5,12H2,(H2,15,16,17)/t8-,9-,10-,11?/m1/s1. The minimum atomic E-state index is -4.65. The summed E-state index contributed by atoms with van der Waals surface area (Å²) < 4.78 is 20.3. The molecule has 0 bridgehead atoms. The van der Waals surface area contributed by atoms with Gasteiger partial charge in [0.25, 0.3) is 0 Å². The Labute approximate surface area is 115 Å². The zero-order chi connectivity index (χ0) is 14.9. The molecule has 1 aliphatic heterocycles. The maximum atomic E-state index is 10.6. The number of phosphoric ester groups is 1. The molecule has 4 atom stereocenters. The van der Waals surface area contributed by atoms with Gasteiger partial charge in [0.05, 0.1) is 6.61 Å². The number of ether oxygens (including phenoxy) is 1. The molecule has 1 aliphatic rings. The van der Waals surface area contributed by atoms with E-state index < -0.39 is 38.8 Å². The van der Waals surface area contributed by atoms with Gasteiger partial charge >= 0.3 is 7.82 Å². The van der Waals surface area contributed by atoms with Gasteiger partial charge in [-0.3, -0.25) is 4.52 Å². The van der Waals surface area contributed by atoms with Crippen LogP contribution in [0.15, 0.2) is 24.3 Å². The summed E-state index contributed by atoms with van der Waals surface area (Å²) in [4.78, 5) is 17.2. The minimum Gasteiger partial charge on any atom is -0.399 e. The van der Waals surface area contributed by atoms with Crippen molar-refractivity contribution in [2.75, 3.05) is 12.3 Å². The average Bonchev–Trinajstić information content (AvgIpc) is 2.64. The summed E-state index contributed by atoms with van der Waals surface area (Å²) >= 11 is 0. The van der Waals surface area contributed by atoms with E-state index in [0.29, 0.717) is 11.3 Å². The summed E-state index contributed by atoms with van der Waals surface area (Å²) in [7, 11) is -4.65. The van der Waals surface area contributed by atoms with Gasteiger partial charge in [-0.25, -0.2) is 4.57 Å². The number of aliphatic hydroxyl groups excluding tert-OH is 2. The maximum absolute atomic E-state index is 10.6. The molecule has 1 fully saturated rings. The first-order valence-electron chi connectivity index (χ1n) is 5.85. The van der Waals surface area contributed by atoms with Crippen LogP contribution in [-0.2, 0) is 13.8 Å². The summed E-state index contributed by atoms with van der Waals surface area (Å²) in [5.74, 6) is 0. The van der Waals surface area contributed by atoms with Gasteiger partial charge in [0.1, 0.15) is 24.4 Å². The summed E-state index contributed by atoms with van der Waals surface area (Å²) in [6, 6.07) is 6.53. The number of nitrogen functional groups attached to an aromatic ring is 1. The zero-order valence-corrected chi connectivity index (χ0v) is 11.3. The van der Waals surface area contributed by atoms with Gasteiger partial charge in [0.15, 0.2) is 0 Å². The van der Waals surface area contributed by atoms with Crippen molar-refractivity contribution in [3.63, 3.8) is 0 Å². The molecule has 1 heterocycles. The Kier molecular flexibility index (Phi) is 4.46. The van der Waals surface area contributed by atoms with Gasteiger partial charge in [-0.15, -0.1) is 0 Å². The summed E-state index contributed by atoms with van der Waals surface area (Å²) in [6.45, 7) is -0.520. The van der Waals surface area contributed by atoms with Crippen molar-refractivity contribution in [2.24, 2.45) is 0 Å². The number of hydrogen-bond donors (Lipinski definition) is 5. The molecule has 1 unspecified atom stereocenters. The van der Waals surface area contributed by atoms with Gasteiger partial charge in [0.2, 0.25) is 0 Å². The third-order valence-corrected chi connectivity index (χ3v) is 3.52. The number of phosphoric acid groups is 1. The van der Waals surface area contributed by atoms with E-state index in [9.17, 15) is 14.8 Å². The van der Waals surface area contributed by atoms with Crippen LogP contribution in [0.2, 0.25) is 0 Å². The van der Waals surface area contributed by atoms with Gasteiger partial charge in [0, 0.05) is 5.69 Å². The molecule has 0 aliphatic carbocycles. The number of anilines is 1. The van der Waals surface area contributed by atoms with Crippen LogP contribution in [0.5, 0.6) is 0 Å². The van der Waals surface area contributed by atoms with Crippen LogP contribution in [-0.4, -0.2) is 44.9 Å². The van der Waals surface area contributed by atoms with Crippen LogP contribution in [0, 0.1) is 0 Å². The Morgan fingerprint density at radius 2 is 1.80 bits per heavy atom. The Balaban J connectivity index is 2.06. The highest BCUT2D eigenvalue weighted by Crippen LogP contribution is 2.39. The van der Waals surface area contributed by atoms with E-state index >= 15 is 0 Å². The highest BCUT2D eigenvalue weighted by atomic mass is 31.2. The first-order chi connectivity index (χ1) is 9.28. The lowest BCUT2D eigenvalue weighted by Crippen LogP contribution is -2.33. The highest BCUT2D eigenvalue weighted by Gasteiger charge is 2.44. The second-order valence-electron chi connectivity index (χ2n) is 4.53. The number of benzene rings is 1. The van der Waals surface area contributed by atoms with Gasteiger partial charge < -0.3 is 30.5 Å². The third-order valence-electron chi connectivity index (χ3n) is 3.03. The number of hydrogen-bond acceptors (Lipinski definition) is 6. The van der Waals surface area contributed by atoms with Crippen LogP contribution in [0.1, 0.15) is 11.7 Å². The molecule has 0 amide bonds. The Morgan fingerprint density at radius 3 is 2.35 bits per heavy atom. The van der Waals surface area contributed by atoms with E-state index in [0.717, 1.165) is 0 Å². The third kappa shape index (κ3) is 3.56. The van der Waals surface area contributed by atoms with Crippen molar-refractivity contribution in [3.05, 3.63) is 29.8 Å². The van der Waals surface area contributed by atoms with Crippen LogP contribution in [0.4, 0.5) is 5.69 Å². The van der Waals surface area contributed by atoms with Gasteiger partial charge in [-0.2, -0.15) is 0 Å². The predicted molar refractivity (Wildman–Crippen MR) is 68.5 cm³/mol. The fourth-order valence-electron chi connectivity index (χ4n) is 2.02. The monoisotopic (exact) mass is 305 g/mol. The van der Waals surface area contributed by atoms with E-state index in [1.54, 1.807) is 24.3 Å². The Hall–Kier alpha value is -0.990. The Bertz CT molecular complexity index is 502. The molecule has 1 aromatic rings. The second-order valence-corrected chi connectivity index (χ2v) is 5.77. The molecule has 0 spiro atoms. The number of nitrogens with two attached hydrogens (primary N) is 1. The van der Waals surface area contributed by atoms with Crippen molar-refractivity contribution < 1.29 is 33.8 Å². The van der Waals surface area contributed by atoms with Crippen molar-refractivity contribution in [3.8, 4) is 0 Å². The summed E-state index contributed by atoms with van der Waals surface area (Å²) in [6.07, 6.45) is -4.36. The molecule has 112 valence electrons. The molecule has 1 aromatic carbocycles. The molecule has 8 nitrogen and oxygen atoms in total. The molecule has 6 N–H and O–H groups in total. The van der Waals surface area contributed by atoms with E-state index in [1.165, 1.54) is 0 Å². The van der Waals surface area contributed by atoms with Crippen molar-refractivity contribution in [1.29, 1.82) is 0 Å². The van der Waals surface area contributed by atoms with E-state index in [4.69, 9.17) is 20.3 Å². The van der Waals surface area contributed by atoms with E-state index in [2.05, 4.69) is 4.52 Å². The quantitative estimate of drug-likeness (QED) is 0.371. The second kappa shape index (κ2) is 5.79. The molecular weight excluding hydrogens is 289 g/mol. The van der Waals surface area contributed by atoms with Crippen LogP contribution in [0.25, 0.3) is 0 Å². The van der Waals surface area contributed by atoms with Crippen LogP contribution >= 0.6 is 7.82 Å². The van der Waals surface area contributed by atoms with Gasteiger partial charge in [-0.05, 0) is 17.7 Å². The summed E-state index contributed by atoms with van der Waals surface area (Å²) in [5, 5.41) is 19.7. The fourth-order valence-corrected chi connectivity index (χ4v) is 2.36.